The van der Waals surface area contributed by atoms with Gasteiger partial charge in [0.05, 0.1) is 0 Å². The fourth-order valence-corrected chi connectivity index (χ4v) is 2.83. The predicted molar refractivity (Wildman–Crippen MR) is 79.4 cm³/mol. The Morgan fingerprint density at radius 1 is 1.42 bits per heavy atom. The van der Waals surface area contributed by atoms with Crippen LogP contribution < -0.4 is 10.6 Å². The molecule has 1 aliphatic rings. The minimum Gasteiger partial charge on any atom is -0.354 e. The van der Waals surface area contributed by atoms with E-state index in [0.717, 1.165) is 0 Å². The standard InChI is InChI=1S/C13H25N3O2S/c1-12(2,9-13(3,4)19)10(17)14-5-7-16-8-6-15-11(16)18/h19H,5-9H2,1-4H3,(H,14,17)(H,15,18). The molecule has 5 nitrogen and oxygen atoms in total. The van der Waals surface area contributed by atoms with Crippen molar-refractivity contribution >= 4 is 24.6 Å². The monoisotopic (exact) mass is 287 g/mol. The van der Waals surface area contributed by atoms with Crippen LogP contribution in [0.1, 0.15) is 34.1 Å². The molecule has 1 saturated heterocycles. The van der Waals surface area contributed by atoms with E-state index in [1.807, 2.05) is 27.7 Å². The summed E-state index contributed by atoms with van der Waals surface area (Å²) in [5.41, 5.74) is -0.460. The van der Waals surface area contributed by atoms with Crippen LogP contribution in [0, 0.1) is 5.41 Å². The van der Waals surface area contributed by atoms with Crippen LogP contribution in [-0.4, -0.2) is 47.8 Å². The molecule has 6 heteroatoms. The Balaban J connectivity index is 2.36. The second-order valence-electron chi connectivity index (χ2n) is 6.35. The molecule has 0 radical (unpaired) electrons. The lowest BCUT2D eigenvalue weighted by Gasteiger charge is -2.30. The molecule has 1 rings (SSSR count). The Kier molecular flexibility index (Phi) is 5.12. The van der Waals surface area contributed by atoms with Gasteiger partial charge in [-0.25, -0.2) is 4.79 Å². The third-order valence-corrected chi connectivity index (χ3v) is 3.26. The first-order valence-electron chi connectivity index (χ1n) is 6.65. The van der Waals surface area contributed by atoms with E-state index in [2.05, 4.69) is 23.3 Å². The molecule has 2 N–H and O–H groups in total. The molecule has 19 heavy (non-hydrogen) atoms. The maximum Gasteiger partial charge on any atom is 0.317 e. The van der Waals surface area contributed by atoms with Gasteiger partial charge in [-0.05, 0) is 6.42 Å². The van der Waals surface area contributed by atoms with Crippen molar-refractivity contribution in [2.24, 2.45) is 5.41 Å². The number of hydrogen-bond acceptors (Lipinski definition) is 3. The highest BCUT2D eigenvalue weighted by molar-refractivity contribution is 7.81. The lowest BCUT2D eigenvalue weighted by Crippen LogP contribution is -2.43. The molecule has 1 aliphatic heterocycles. The van der Waals surface area contributed by atoms with Crippen molar-refractivity contribution in [1.82, 2.24) is 15.5 Å². The zero-order valence-electron chi connectivity index (χ0n) is 12.2. The SMILES string of the molecule is CC(C)(S)CC(C)(C)C(=O)NCCN1CCNC1=O. The summed E-state index contributed by atoms with van der Waals surface area (Å²) in [6, 6.07) is -0.0509. The van der Waals surface area contributed by atoms with Gasteiger partial charge in [-0.1, -0.05) is 27.7 Å². The van der Waals surface area contributed by atoms with Crippen molar-refractivity contribution in [1.29, 1.82) is 0 Å². The summed E-state index contributed by atoms with van der Waals surface area (Å²) in [6.45, 7) is 10.3. The Hall–Kier alpha value is -0.910. The van der Waals surface area contributed by atoms with Crippen LogP contribution in [0.15, 0.2) is 0 Å². The van der Waals surface area contributed by atoms with Crippen LogP contribution >= 0.6 is 12.6 Å². The smallest absolute Gasteiger partial charge is 0.317 e. The van der Waals surface area contributed by atoms with Crippen molar-refractivity contribution in [3.63, 3.8) is 0 Å². The summed E-state index contributed by atoms with van der Waals surface area (Å²) in [5.74, 6) is 0.00855. The highest BCUT2D eigenvalue weighted by Gasteiger charge is 2.32. The zero-order chi connectivity index (χ0) is 14.7. The van der Waals surface area contributed by atoms with E-state index in [-0.39, 0.29) is 16.7 Å². The van der Waals surface area contributed by atoms with Crippen molar-refractivity contribution in [2.45, 2.75) is 38.9 Å². The highest BCUT2D eigenvalue weighted by atomic mass is 32.1. The molecule has 0 aliphatic carbocycles. The number of rotatable bonds is 6. The van der Waals surface area contributed by atoms with Crippen molar-refractivity contribution in [2.75, 3.05) is 26.2 Å². The van der Waals surface area contributed by atoms with Gasteiger partial charge < -0.3 is 15.5 Å². The summed E-state index contributed by atoms with van der Waals surface area (Å²) in [4.78, 5) is 25.2. The lowest BCUT2D eigenvalue weighted by atomic mass is 9.82. The summed E-state index contributed by atoms with van der Waals surface area (Å²) in [6.07, 6.45) is 0.694. The number of nitrogens with zero attached hydrogens (tertiary/aromatic N) is 1. The maximum atomic E-state index is 12.1. The molecule has 0 bridgehead atoms. The van der Waals surface area contributed by atoms with Crippen LogP contribution in [0.2, 0.25) is 0 Å². The van der Waals surface area contributed by atoms with Crippen molar-refractivity contribution < 1.29 is 9.59 Å². The van der Waals surface area contributed by atoms with Gasteiger partial charge in [0, 0.05) is 36.3 Å². The second kappa shape index (κ2) is 6.03. The van der Waals surface area contributed by atoms with E-state index < -0.39 is 5.41 Å². The van der Waals surface area contributed by atoms with Gasteiger partial charge in [0.25, 0.3) is 0 Å². The molecule has 0 aromatic rings. The molecule has 1 fully saturated rings. The van der Waals surface area contributed by atoms with Crippen LogP contribution in [0.5, 0.6) is 0 Å². The van der Waals surface area contributed by atoms with Crippen molar-refractivity contribution in [3.05, 3.63) is 0 Å². The lowest BCUT2D eigenvalue weighted by molar-refractivity contribution is -0.129. The van der Waals surface area contributed by atoms with Gasteiger partial charge in [0.15, 0.2) is 0 Å². The first-order chi connectivity index (χ1) is 8.62. The number of hydrogen-bond donors (Lipinski definition) is 3. The topological polar surface area (TPSA) is 61.4 Å². The number of thiol groups is 1. The Labute approximate surface area is 120 Å². The molecule has 110 valence electrons. The minimum absolute atomic E-state index is 0.00855. The van der Waals surface area contributed by atoms with E-state index >= 15 is 0 Å². The summed E-state index contributed by atoms with van der Waals surface area (Å²) >= 11 is 4.48. The third kappa shape index (κ3) is 5.30. The Bertz CT molecular complexity index is 350. The highest BCUT2D eigenvalue weighted by Crippen LogP contribution is 2.31. The molecule has 0 saturated carbocycles. The molecule has 3 amide bonds. The van der Waals surface area contributed by atoms with Crippen molar-refractivity contribution in [3.8, 4) is 0 Å². The van der Waals surface area contributed by atoms with E-state index in [1.54, 1.807) is 4.90 Å². The third-order valence-electron chi connectivity index (χ3n) is 3.10. The van der Waals surface area contributed by atoms with Gasteiger partial charge in [-0.3, -0.25) is 4.79 Å². The number of urea groups is 1. The zero-order valence-corrected chi connectivity index (χ0v) is 13.1. The first-order valence-corrected chi connectivity index (χ1v) is 7.10. The van der Waals surface area contributed by atoms with Crippen LogP contribution in [-0.2, 0) is 4.79 Å². The fourth-order valence-electron chi connectivity index (χ4n) is 2.43. The number of carbonyl (C=O) groups is 2. The molecule has 0 spiro atoms. The molecule has 0 aromatic carbocycles. The Morgan fingerprint density at radius 3 is 2.53 bits per heavy atom. The minimum atomic E-state index is -0.460. The van der Waals surface area contributed by atoms with E-state index in [4.69, 9.17) is 0 Å². The molecular weight excluding hydrogens is 262 g/mol. The predicted octanol–water partition coefficient (Wildman–Crippen LogP) is 1.25. The average Bonchev–Trinajstić information content (AvgIpc) is 2.60. The molecule has 1 heterocycles. The molecule has 0 unspecified atom stereocenters. The van der Waals surface area contributed by atoms with Crippen LogP contribution in [0.25, 0.3) is 0 Å². The van der Waals surface area contributed by atoms with Gasteiger partial charge in [-0.15, -0.1) is 0 Å². The molecule has 0 aromatic heterocycles. The maximum absolute atomic E-state index is 12.1. The van der Waals surface area contributed by atoms with Gasteiger partial charge in [0.1, 0.15) is 0 Å². The number of nitrogens with one attached hydrogen (secondary N) is 2. The summed E-state index contributed by atoms with van der Waals surface area (Å²) < 4.78 is -0.185. The molecule has 0 atom stereocenters. The Morgan fingerprint density at radius 2 is 2.05 bits per heavy atom. The van der Waals surface area contributed by atoms with Crippen LogP contribution in [0.4, 0.5) is 4.79 Å². The summed E-state index contributed by atoms with van der Waals surface area (Å²) in [5, 5.41) is 5.63. The number of carbonyl (C=O) groups excluding carboxylic acids is 2. The quantitative estimate of drug-likeness (QED) is 0.644. The van der Waals surface area contributed by atoms with E-state index in [1.165, 1.54) is 0 Å². The largest absolute Gasteiger partial charge is 0.354 e. The van der Waals surface area contributed by atoms with E-state index in [0.29, 0.717) is 32.6 Å². The van der Waals surface area contributed by atoms with E-state index in [9.17, 15) is 9.59 Å². The normalized spacial score (nSPS) is 16.5. The first kappa shape index (κ1) is 16.1. The van der Waals surface area contributed by atoms with Gasteiger partial charge in [-0.2, -0.15) is 12.6 Å². The number of amides is 3. The summed E-state index contributed by atoms with van der Waals surface area (Å²) in [7, 11) is 0. The van der Waals surface area contributed by atoms with Gasteiger partial charge in [0.2, 0.25) is 5.91 Å². The second-order valence-corrected chi connectivity index (χ2v) is 7.56. The fraction of sp³-hybridized carbons (Fsp3) is 0.846. The molecular formula is C13H25N3O2S. The van der Waals surface area contributed by atoms with Crippen LogP contribution in [0.3, 0.4) is 0 Å². The average molecular weight is 287 g/mol. The van der Waals surface area contributed by atoms with Gasteiger partial charge >= 0.3 is 6.03 Å².